The van der Waals surface area contributed by atoms with Gasteiger partial charge in [-0.2, -0.15) is 5.10 Å². The topological polar surface area (TPSA) is 174 Å². The predicted molar refractivity (Wildman–Crippen MR) is 266 cm³/mol. The Labute approximate surface area is 421 Å². The molecule has 5 amide bonds. The number of halogens is 3. The highest BCUT2D eigenvalue weighted by Crippen LogP contribution is 2.52. The van der Waals surface area contributed by atoms with Crippen LogP contribution in [0.5, 0.6) is 17.2 Å². The summed E-state index contributed by atoms with van der Waals surface area (Å²) in [5.74, 6) is -1.16. The van der Waals surface area contributed by atoms with Gasteiger partial charge in [0, 0.05) is 92.7 Å². The molecule has 72 heavy (non-hydrogen) atoms. The lowest BCUT2D eigenvalue weighted by molar-refractivity contribution is -0.138. The van der Waals surface area contributed by atoms with Gasteiger partial charge in [0.05, 0.1) is 16.1 Å². The van der Waals surface area contributed by atoms with Crippen LogP contribution in [0.15, 0.2) is 60.7 Å². The van der Waals surface area contributed by atoms with Crippen molar-refractivity contribution in [3.8, 4) is 28.4 Å². The van der Waals surface area contributed by atoms with Crippen molar-refractivity contribution in [1.82, 2.24) is 30.2 Å². The Kier molecular flexibility index (Phi) is 13.1. The molecule has 4 aromatic carbocycles. The number of piperidine rings is 2. The van der Waals surface area contributed by atoms with Crippen molar-refractivity contribution < 1.29 is 42.2 Å². The fourth-order valence-electron chi connectivity index (χ4n) is 12.1. The third-order valence-corrected chi connectivity index (χ3v) is 16.4. The Morgan fingerprint density at radius 1 is 0.889 bits per heavy atom. The number of aryl methyl sites for hydroxylation is 1. The van der Waals surface area contributed by atoms with Crippen molar-refractivity contribution in [2.45, 2.75) is 81.8 Å². The van der Waals surface area contributed by atoms with E-state index < -0.39 is 29.2 Å². The summed E-state index contributed by atoms with van der Waals surface area (Å²) in [4.78, 5) is 57.3. The molecule has 5 aliphatic heterocycles. The number of primary amides is 1. The van der Waals surface area contributed by atoms with Gasteiger partial charge in [-0.25, -0.2) is 13.6 Å². The maximum atomic E-state index is 16.5. The molecule has 3 saturated heterocycles. The number of imide groups is 1. The minimum atomic E-state index is -1.04. The number of benzene rings is 4. The molecule has 0 radical (unpaired) electrons. The fraction of sp³-hybridized carbons (Fsp3) is 0.463. The normalized spacial score (nSPS) is 23.0. The number of nitrogens with two attached hydrogens (primary N) is 1. The van der Waals surface area contributed by atoms with Gasteiger partial charge in [0.2, 0.25) is 17.7 Å². The van der Waals surface area contributed by atoms with Crippen LogP contribution < -0.4 is 35.5 Å². The molecule has 1 aromatic heterocycles. The Balaban J connectivity index is 0.679. The number of carbonyl (C=O) groups excluding carboxylic acids is 4. The van der Waals surface area contributed by atoms with Gasteiger partial charge in [-0.15, -0.1) is 0 Å². The molecule has 6 heterocycles. The zero-order valence-corrected chi connectivity index (χ0v) is 41.1. The van der Waals surface area contributed by atoms with Gasteiger partial charge in [-0.05, 0) is 106 Å². The van der Waals surface area contributed by atoms with Gasteiger partial charge < -0.3 is 35.1 Å². The van der Waals surface area contributed by atoms with E-state index in [0.29, 0.717) is 36.3 Å². The van der Waals surface area contributed by atoms with Gasteiger partial charge in [-0.1, -0.05) is 48.0 Å². The number of nitrogens with one attached hydrogen (secondary N) is 2. The molecule has 1 saturated carbocycles. The molecule has 6 aliphatic rings. The number of likely N-dealkylation sites (tertiary alicyclic amines) is 2. The van der Waals surface area contributed by atoms with E-state index in [0.717, 1.165) is 101 Å². The molecular formula is C54H59ClF2N8O7. The van der Waals surface area contributed by atoms with E-state index in [1.54, 1.807) is 4.90 Å². The molecule has 4 fully saturated rings. The third kappa shape index (κ3) is 9.01. The van der Waals surface area contributed by atoms with Crippen LogP contribution in [0.25, 0.3) is 22.0 Å². The fourth-order valence-corrected chi connectivity index (χ4v) is 12.4. The molecular weight excluding hydrogens is 946 g/mol. The summed E-state index contributed by atoms with van der Waals surface area (Å²) in [6, 6.07) is 18.2. The summed E-state index contributed by atoms with van der Waals surface area (Å²) < 4.78 is 52.1. The van der Waals surface area contributed by atoms with Crippen LogP contribution in [-0.4, -0.2) is 108 Å². The average molecular weight is 1010 g/mol. The third-order valence-electron chi connectivity index (χ3n) is 16.1. The number of hydrogen-bond acceptors (Lipinski definition) is 10. The number of ether oxygens (including phenoxy) is 3. The van der Waals surface area contributed by atoms with Gasteiger partial charge in [0.15, 0.2) is 28.7 Å². The van der Waals surface area contributed by atoms with Crippen molar-refractivity contribution in [1.29, 1.82) is 0 Å². The molecule has 4 N–H and O–H groups in total. The Bertz CT molecular complexity index is 2950. The number of rotatable bonds is 11. The number of urea groups is 1. The SMILES string of the molecule is Cn1nc(N2CCC(=O)NC2=O)c2ccc(C3CCN(CC4CCN(C(=O)C5CCC(NCC6(c7ccccc7)Cc7c(cc(F)c(Cl)c7-c7c(C(N)=O)cc8c(c7F)OCCO8)O6)CC5)CC4)CC3)cc21. The van der Waals surface area contributed by atoms with E-state index in [1.165, 1.54) is 17.7 Å². The number of hydrogen-bond donors (Lipinski definition) is 3. The maximum Gasteiger partial charge on any atom is 0.329 e. The quantitative estimate of drug-likeness (QED) is 0.120. The number of nitrogens with zero attached hydrogens (tertiary/aromatic N) is 5. The predicted octanol–water partition coefficient (Wildman–Crippen LogP) is 7.59. The van der Waals surface area contributed by atoms with Crippen molar-refractivity contribution in [2.75, 3.05) is 63.9 Å². The molecule has 0 bridgehead atoms. The largest absolute Gasteiger partial charge is 0.486 e. The van der Waals surface area contributed by atoms with Crippen LogP contribution in [-0.2, 0) is 28.7 Å². The van der Waals surface area contributed by atoms with Crippen LogP contribution in [0.3, 0.4) is 0 Å². The summed E-state index contributed by atoms with van der Waals surface area (Å²) in [5.41, 5.74) is 7.78. The highest BCUT2D eigenvalue weighted by atomic mass is 35.5. The van der Waals surface area contributed by atoms with E-state index in [-0.39, 0.29) is 88.8 Å². The second-order valence-electron chi connectivity index (χ2n) is 20.4. The highest BCUT2D eigenvalue weighted by molar-refractivity contribution is 6.34. The Morgan fingerprint density at radius 3 is 2.38 bits per heavy atom. The van der Waals surface area contributed by atoms with Crippen molar-refractivity contribution >= 4 is 52.1 Å². The summed E-state index contributed by atoms with van der Waals surface area (Å²) in [6.07, 6.45) is 7.69. The number of fused-ring (bicyclic) bond motifs is 3. The van der Waals surface area contributed by atoms with E-state index in [2.05, 4.69) is 43.7 Å². The van der Waals surface area contributed by atoms with Gasteiger partial charge in [-0.3, -0.25) is 29.3 Å². The number of amides is 5. The van der Waals surface area contributed by atoms with E-state index in [4.69, 9.17) is 31.5 Å². The molecule has 11 rings (SSSR count). The van der Waals surface area contributed by atoms with Gasteiger partial charge in [0.25, 0.3) is 0 Å². The first-order chi connectivity index (χ1) is 34.8. The summed E-state index contributed by atoms with van der Waals surface area (Å²) in [5, 5.41) is 11.3. The second-order valence-corrected chi connectivity index (χ2v) is 20.8. The first kappa shape index (κ1) is 48.0. The molecule has 1 atom stereocenters. The maximum absolute atomic E-state index is 16.5. The van der Waals surface area contributed by atoms with Crippen molar-refractivity contribution in [3.05, 3.63) is 99.6 Å². The van der Waals surface area contributed by atoms with Gasteiger partial charge in [0.1, 0.15) is 24.8 Å². The zero-order chi connectivity index (χ0) is 49.8. The monoisotopic (exact) mass is 1000 g/mol. The molecule has 15 nitrogen and oxygen atoms in total. The second kappa shape index (κ2) is 19.6. The first-order valence-corrected chi connectivity index (χ1v) is 25.7. The Hall–Kier alpha value is -6.30. The summed E-state index contributed by atoms with van der Waals surface area (Å²) in [6.45, 7) is 5.54. The lowest BCUT2D eigenvalue weighted by atomic mass is 9.82. The molecule has 378 valence electrons. The summed E-state index contributed by atoms with van der Waals surface area (Å²) in [7, 11) is 1.89. The minimum Gasteiger partial charge on any atom is -0.486 e. The number of aromatic nitrogens is 2. The summed E-state index contributed by atoms with van der Waals surface area (Å²) >= 11 is 6.70. The van der Waals surface area contributed by atoms with Crippen LogP contribution in [0.2, 0.25) is 5.02 Å². The zero-order valence-electron chi connectivity index (χ0n) is 40.3. The van der Waals surface area contributed by atoms with Crippen molar-refractivity contribution in [2.24, 2.45) is 24.6 Å². The smallest absolute Gasteiger partial charge is 0.329 e. The molecule has 18 heteroatoms. The lowest BCUT2D eigenvalue weighted by Crippen LogP contribution is -2.49. The van der Waals surface area contributed by atoms with Crippen molar-refractivity contribution in [3.63, 3.8) is 0 Å². The molecule has 5 aromatic rings. The molecule has 1 unspecified atom stereocenters. The van der Waals surface area contributed by atoms with Crippen LogP contribution >= 0.6 is 11.6 Å². The Morgan fingerprint density at radius 2 is 1.64 bits per heavy atom. The first-order valence-electron chi connectivity index (χ1n) is 25.3. The van der Waals surface area contributed by atoms with E-state index in [9.17, 15) is 19.2 Å². The number of carbonyl (C=O) groups is 4. The standard InChI is InChI=1S/C54H59ClF2N8O7/c1-62-41-25-34(9-12-37(41)51(61-62)65-22-17-44(66)60-53(65)69)32-15-18-63(19-16-32)29-31-13-20-64(21-14-31)52(68)33-7-10-36(11-8-33)59-30-54(35-5-3-2-4-6-35)28-39-42(72-54)27-40(56)47(55)45(39)46-38(50(58)67)26-43-49(48(46)57)71-24-23-70-43/h2-6,9,12,25-27,31-33,36,59H,7-8,10-11,13-24,28-30H2,1H3,(H2,58,67)(H,60,66,69). The number of anilines is 1. The minimum absolute atomic E-state index is 0.0166. The lowest BCUT2D eigenvalue weighted by Gasteiger charge is -2.39. The van der Waals surface area contributed by atoms with Crippen LogP contribution in [0.4, 0.5) is 19.4 Å². The average Bonchev–Trinajstić information content (AvgIpc) is 3.93. The molecule has 1 aliphatic carbocycles. The van der Waals surface area contributed by atoms with E-state index in [1.807, 2.05) is 42.1 Å². The highest BCUT2D eigenvalue weighted by Gasteiger charge is 2.45. The molecule has 0 spiro atoms. The van der Waals surface area contributed by atoms with Crippen LogP contribution in [0.1, 0.15) is 90.8 Å². The van der Waals surface area contributed by atoms with E-state index >= 15 is 8.78 Å². The van der Waals surface area contributed by atoms with Gasteiger partial charge >= 0.3 is 6.03 Å². The van der Waals surface area contributed by atoms with Crippen LogP contribution in [0, 0.1) is 23.5 Å².